The van der Waals surface area contributed by atoms with Crippen LogP contribution in [0.25, 0.3) is 0 Å². The summed E-state index contributed by atoms with van der Waals surface area (Å²) in [5.74, 6) is 0. The second-order valence-corrected chi connectivity index (χ2v) is 3.75. The average Bonchev–Trinajstić information content (AvgIpc) is 2.26. The van der Waals surface area contributed by atoms with E-state index in [1.54, 1.807) is 0 Å². The zero-order valence-electron chi connectivity index (χ0n) is 7.22. The van der Waals surface area contributed by atoms with Crippen molar-refractivity contribution in [2.75, 3.05) is 0 Å². The maximum atomic E-state index is 8.94. The number of halogens is 2. The number of nitrogens with zero attached hydrogens (tertiary/aromatic N) is 2. The van der Waals surface area contributed by atoms with Crippen LogP contribution in [-0.2, 0) is 10.7 Å². The highest BCUT2D eigenvalue weighted by molar-refractivity contribution is 9.08. The Labute approximate surface area is 99.4 Å². The van der Waals surface area contributed by atoms with Gasteiger partial charge in [-0.1, -0.05) is 44.0 Å². The van der Waals surface area contributed by atoms with Crippen LogP contribution in [0.15, 0.2) is 12.1 Å². The fourth-order valence-corrected chi connectivity index (χ4v) is 2.10. The van der Waals surface area contributed by atoms with Crippen molar-refractivity contribution in [2.24, 2.45) is 0 Å². The molecule has 0 aliphatic carbocycles. The Balaban J connectivity index is 3.48. The smallest absolute Gasteiger partial charge is 0.101 e. The van der Waals surface area contributed by atoms with Crippen molar-refractivity contribution in [1.82, 2.24) is 0 Å². The van der Waals surface area contributed by atoms with Gasteiger partial charge in [-0.2, -0.15) is 10.5 Å². The molecule has 0 atom stereocenters. The molecule has 0 N–H and O–H groups in total. The van der Waals surface area contributed by atoms with Gasteiger partial charge in [-0.05, 0) is 11.1 Å². The van der Waals surface area contributed by atoms with Crippen LogP contribution in [0.2, 0.25) is 0 Å². The third-order valence-corrected chi connectivity index (χ3v) is 3.10. The third kappa shape index (κ3) is 1.97. The second kappa shape index (κ2) is 5.14. The van der Waals surface area contributed by atoms with E-state index < -0.39 is 0 Å². The molecule has 1 aromatic rings. The fraction of sp³-hybridized carbons (Fsp3) is 0.200. The average molecular weight is 314 g/mol. The number of nitriles is 2. The minimum absolute atomic E-state index is 0.473. The van der Waals surface area contributed by atoms with Gasteiger partial charge in [0.25, 0.3) is 0 Å². The van der Waals surface area contributed by atoms with Gasteiger partial charge in [0.15, 0.2) is 0 Å². The molecular formula is C10H6Br2N2. The Hall–Kier alpha value is -0.840. The van der Waals surface area contributed by atoms with E-state index in [1.165, 1.54) is 0 Å². The molecule has 0 unspecified atom stereocenters. The maximum Gasteiger partial charge on any atom is 0.101 e. The van der Waals surface area contributed by atoms with Gasteiger partial charge >= 0.3 is 0 Å². The maximum absolute atomic E-state index is 8.94. The SMILES string of the molecule is N#Cc1c(CBr)ccc(CBr)c1C#N. The Bertz CT molecular complexity index is 386. The Kier molecular flexibility index (Phi) is 4.13. The Morgan fingerprint density at radius 2 is 1.29 bits per heavy atom. The summed E-state index contributed by atoms with van der Waals surface area (Å²) >= 11 is 6.57. The van der Waals surface area contributed by atoms with Crippen molar-refractivity contribution in [2.45, 2.75) is 10.7 Å². The molecule has 4 heteroatoms. The first-order valence-electron chi connectivity index (χ1n) is 3.85. The summed E-state index contributed by atoms with van der Waals surface area (Å²) < 4.78 is 0. The molecule has 1 rings (SSSR count). The summed E-state index contributed by atoms with van der Waals surface area (Å²) in [5, 5.41) is 19.1. The van der Waals surface area contributed by atoms with Crippen molar-refractivity contribution in [3.8, 4) is 12.1 Å². The van der Waals surface area contributed by atoms with Crippen LogP contribution < -0.4 is 0 Å². The zero-order valence-corrected chi connectivity index (χ0v) is 10.4. The van der Waals surface area contributed by atoms with Gasteiger partial charge in [-0.15, -0.1) is 0 Å². The molecule has 0 amide bonds. The minimum Gasteiger partial charge on any atom is -0.192 e. The first kappa shape index (κ1) is 11.2. The topological polar surface area (TPSA) is 47.6 Å². The number of alkyl halides is 2. The lowest BCUT2D eigenvalue weighted by molar-refractivity contribution is 1.28. The largest absolute Gasteiger partial charge is 0.192 e. The van der Waals surface area contributed by atoms with E-state index in [0.29, 0.717) is 21.8 Å². The van der Waals surface area contributed by atoms with Crippen LogP contribution in [0.3, 0.4) is 0 Å². The molecule has 0 spiro atoms. The van der Waals surface area contributed by atoms with E-state index >= 15 is 0 Å². The van der Waals surface area contributed by atoms with Crippen LogP contribution >= 0.6 is 31.9 Å². The normalized spacial score (nSPS) is 9.14. The standard InChI is InChI=1S/C10H6Br2N2/c11-3-7-1-2-8(4-12)10(6-14)9(7)5-13/h1-2H,3-4H2. The molecular weight excluding hydrogens is 308 g/mol. The van der Waals surface area contributed by atoms with Crippen LogP contribution in [0.4, 0.5) is 0 Å². The van der Waals surface area contributed by atoms with Gasteiger partial charge in [0.05, 0.1) is 11.1 Å². The first-order chi connectivity index (χ1) is 6.78. The van der Waals surface area contributed by atoms with Crippen molar-refractivity contribution in [3.63, 3.8) is 0 Å². The summed E-state index contributed by atoms with van der Waals surface area (Å²) in [5.41, 5.74) is 2.66. The van der Waals surface area contributed by atoms with Crippen molar-refractivity contribution in [1.29, 1.82) is 10.5 Å². The lowest BCUT2D eigenvalue weighted by atomic mass is 9.99. The summed E-state index contributed by atoms with van der Waals surface area (Å²) in [6, 6.07) is 7.87. The highest BCUT2D eigenvalue weighted by Gasteiger charge is 2.11. The van der Waals surface area contributed by atoms with Gasteiger partial charge in [0.2, 0.25) is 0 Å². The molecule has 0 aromatic heterocycles. The molecule has 0 saturated heterocycles. The van der Waals surface area contributed by atoms with Gasteiger partial charge in [0.1, 0.15) is 12.1 Å². The molecule has 0 aliphatic heterocycles. The van der Waals surface area contributed by atoms with Gasteiger partial charge in [-0.25, -0.2) is 0 Å². The first-order valence-corrected chi connectivity index (χ1v) is 6.09. The molecule has 0 aliphatic rings. The lowest BCUT2D eigenvalue weighted by Crippen LogP contribution is -1.95. The van der Waals surface area contributed by atoms with Gasteiger partial charge < -0.3 is 0 Å². The number of rotatable bonds is 2. The van der Waals surface area contributed by atoms with E-state index in [1.807, 2.05) is 12.1 Å². The highest BCUT2D eigenvalue weighted by atomic mass is 79.9. The molecule has 0 bridgehead atoms. The van der Waals surface area contributed by atoms with Crippen molar-refractivity contribution in [3.05, 3.63) is 34.4 Å². The van der Waals surface area contributed by atoms with E-state index in [-0.39, 0.29) is 0 Å². The predicted molar refractivity (Wildman–Crippen MR) is 61.1 cm³/mol. The fourth-order valence-electron chi connectivity index (χ4n) is 1.17. The zero-order chi connectivity index (χ0) is 10.6. The summed E-state index contributed by atoms with van der Waals surface area (Å²) in [7, 11) is 0. The number of hydrogen-bond acceptors (Lipinski definition) is 2. The quantitative estimate of drug-likeness (QED) is 0.787. The van der Waals surface area contributed by atoms with E-state index in [0.717, 1.165) is 11.1 Å². The summed E-state index contributed by atoms with van der Waals surface area (Å²) in [4.78, 5) is 0. The summed E-state index contributed by atoms with van der Waals surface area (Å²) in [6.45, 7) is 0. The Morgan fingerprint density at radius 1 is 0.929 bits per heavy atom. The molecule has 70 valence electrons. The van der Waals surface area contributed by atoms with E-state index in [9.17, 15) is 0 Å². The van der Waals surface area contributed by atoms with Crippen LogP contribution in [0.1, 0.15) is 22.3 Å². The highest BCUT2D eigenvalue weighted by Crippen LogP contribution is 2.21. The number of benzene rings is 1. The summed E-state index contributed by atoms with van der Waals surface area (Å²) in [6.07, 6.45) is 0. The van der Waals surface area contributed by atoms with E-state index in [2.05, 4.69) is 44.0 Å². The van der Waals surface area contributed by atoms with Crippen LogP contribution in [0.5, 0.6) is 0 Å². The molecule has 0 saturated carbocycles. The third-order valence-electron chi connectivity index (χ3n) is 1.89. The molecule has 1 aromatic carbocycles. The molecule has 2 nitrogen and oxygen atoms in total. The van der Waals surface area contributed by atoms with Gasteiger partial charge in [-0.3, -0.25) is 0 Å². The van der Waals surface area contributed by atoms with E-state index in [4.69, 9.17) is 10.5 Å². The Morgan fingerprint density at radius 3 is 1.50 bits per heavy atom. The molecule has 0 fully saturated rings. The van der Waals surface area contributed by atoms with Crippen LogP contribution in [-0.4, -0.2) is 0 Å². The molecule has 0 heterocycles. The van der Waals surface area contributed by atoms with Crippen molar-refractivity contribution < 1.29 is 0 Å². The second-order valence-electron chi connectivity index (χ2n) is 2.62. The lowest BCUT2D eigenvalue weighted by Gasteiger charge is -2.05. The van der Waals surface area contributed by atoms with Crippen molar-refractivity contribution >= 4 is 31.9 Å². The monoisotopic (exact) mass is 312 g/mol. The van der Waals surface area contributed by atoms with Crippen LogP contribution in [0, 0.1) is 22.7 Å². The minimum atomic E-state index is 0.473. The molecule has 0 radical (unpaired) electrons. The molecule has 14 heavy (non-hydrogen) atoms. The number of hydrogen-bond donors (Lipinski definition) is 0. The van der Waals surface area contributed by atoms with Gasteiger partial charge in [0, 0.05) is 10.7 Å². The predicted octanol–water partition coefficient (Wildman–Crippen LogP) is 3.22.